The van der Waals surface area contributed by atoms with Crippen LogP contribution in [0.25, 0.3) is 0 Å². The second kappa shape index (κ2) is 5.81. The normalized spacial score (nSPS) is 26.9. The molecular weight excluding hydrogens is 304 g/mol. The van der Waals surface area contributed by atoms with Crippen molar-refractivity contribution in [2.24, 2.45) is 5.92 Å². The summed E-state index contributed by atoms with van der Waals surface area (Å²) in [4.78, 5) is 31.3. The van der Waals surface area contributed by atoms with Crippen LogP contribution in [0.4, 0.5) is 0 Å². The number of likely N-dealkylation sites (N-methyl/N-ethyl adjacent to an activating group) is 1. The molecule has 2 saturated heterocycles. The Morgan fingerprint density at radius 1 is 1.08 bits per heavy atom. The van der Waals surface area contributed by atoms with Crippen molar-refractivity contribution in [1.82, 2.24) is 20.3 Å². The minimum atomic E-state index is -0.466. The molecule has 0 spiro atoms. The molecule has 1 N–H and O–H groups in total. The van der Waals surface area contributed by atoms with E-state index in [9.17, 15) is 9.59 Å². The van der Waals surface area contributed by atoms with E-state index in [4.69, 9.17) is 0 Å². The third-order valence-corrected chi connectivity index (χ3v) is 4.76. The fourth-order valence-electron chi connectivity index (χ4n) is 3.61. The van der Waals surface area contributed by atoms with Crippen LogP contribution in [-0.4, -0.2) is 39.8 Å². The van der Waals surface area contributed by atoms with E-state index in [-0.39, 0.29) is 17.9 Å². The Morgan fingerprint density at radius 2 is 1.88 bits per heavy atom. The van der Waals surface area contributed by atoms with Gasteiger partial charge in [-0.25, -0.2) is 10.4 Å². The molecule has 0 aliphatic carbocycles. The van der Waals surface area contributed by atoms with Crippen LogP contribution >= 0.6 is 0 Å². The number of carbonyl (C=O) groups excluding carboxylic acids is 2. The van der Waals surface area contributed by atoms with E-state index in [1.807, 2.05) is 49.5 Å². The highest BCUT2D eigenvalue weighted by Crippen LogP contribution is 2.39. The van der Waals surface area contributed by atoms with Crippen molar-refractivity contribution in [3.8, 4) is 0 Å². The number of amides is 2. The number of hydrogen-bond acceptors (Lipinski definition) is 5. The third-order valence-electron chi connectivity index (χ3n) is 4.76. The van der Waals surface area contributed by atoms with Gasteiger partial charge in [-0.1, -0.05) is 36.4 Å². The third kappa shape index (κ3) is 2.31. The summed E-state index contributed by atoms with van der Waals surface area (Å²) in [5.74, 6) is -0.690. The van der Waals surface area contributed by atoms with Crippen LogP contribution in [0.5, 0.6) is 0 Å². The summed E-state index contributed by atoms with van der Waals surface area (Å²) in [6.07, 6.45) is 3.44. The molecule has 2 amide bonds. The van der Waals surface area contributed by atoms with Crippen LogP contribution in [0.1, 0.15) is 17.2 Å². The molecule has 6 nitrogen and oxygen atoms in total. The van der Waals surface area contributed by atoms with Crippen LogP contribution in [-0.2, 0) is 16.1 Å². The van der Waals surface area contributed by atoms with Gasteiger partial charge >= 0.3 is 0 Å². The molecule has 3 heterocycles. The highest BCUT2D eigenvalue weighted by atomic mass is 16.2. The summed E-state index contributed by atoms with van der Waals surface area (Å²) in [7, 11) is 1.81. The Hall–Kier alpha value is -2.57. The maximum Gasteiger partial charge on any atom is 0.249 e. The number of imide groups is 1. The summed E-state index contributed by atoms with van der Waals surface area (Å²) in [5.41, 5.74) is 5.11. The molecule has 1 aromatic carbocycles. The van der Waals surface area contributed by atoms with Gasteiger partial charge < -0.3 is 0 Å². The molecule has 122 valence electrons. The predicted molar refractivity (Wildman–Crippen MR) is 87.2 cm³/mol. The average molecular weight is 322 g/mol. The fourth-order valence-corrected chi connectivity index (χ4v) is 3.61. The number of carbonyl (C=O) groups is 2. The molecule has 2 aromatic rings. The number of likely N-dealkylation sites (tertiary alicyclic amines) is 1. The Morgan fingerprint density at radius 3 is 2.58 bits per heavy atom. The van der Waals surface area contributed by atoms with Gasteiger partial charge in [0.05, 0.1) is 18.5 Å². The van der Waals surface area contributed by atoms with Gasteiger partial charge in [0.2, 0.25) is 11.8 Å². The number of aromatic nitrogens is 1. The van der Waals surface area contributed by atoms with Gasteiger partial charge in [0.25, 0.3) is 0 Å². The summed E-state index contributed by atoms with van der Waals surface area (Å²) in [6.45, 7) is 0.319. The topological polar surface area (TPSA) is 65.5 Å². The number of pyridine rings is 1. The van der Waals surface area contributed by atoms with Gasteiger partial charge in [-0.15, -0.1) is 0 Å². The first-order chi connectivity index (χ1) is 11.7. The summed E-state index contributed by atoms with van der Waals surface area (Å²) < 4.78 is 0. The van der Waals surface area contributed by atoms with Gasteiger partial charge in [0.1, 0.15) is 6.04 Å². The molecule has 0 bridgehead atoms. The van der Waals surface area contributed by atoms with Crippen LogP contribution in [0.3, 0.4) is 0 Å². The largest absolute Gasteiger partial charge is 0.276 e. The zero-order chi connectivity index (χ0) is 16.7. The maximum atomic E-state index is 12.9. The Kier molecular flexibility index (Phi) is 3.63. The van der Waals surface area contributed by atoms with Crippen molar-refractivity contribution in [3.63, 3.8) is 0 Å². The molecule has 0 radical (unpaired) electrons. The Bertz CT molecular complexity index is 765. The highest BCUT2D eigenvalue weighted by molar-refractivity contribution is 6.07. The van der Waals surface area contributed by atoms with Crippen molar-refractivity contribution in [3.05, 3.63) is 66.0 Å². The lowest BCUT2D eigenvalue weighted by molar-refractivity contribution is -0.142. The molecule has 3 atom stereocenters. The number of hydrogen-bond donors (Lipinski definition) is 1. The molecule has 2 fully saturated rings. The first-order valence-electron chi connectivity index (χ1n) is 7.95. The molecule has 2 aliphatic rings. The van der Waals surface area contributed by atoms with E-state index >= 15 is 0 Å². The van der Waals surface area contributed by atoms with E-state index in [0.717, 1.165) is 11.1 Å². The number of hydrazine groups is 1. The molecule has 1 aromatic heterocycles. The predicted octanol–water partition coefficient (Wildman–Crippen LogP) is 1.13. The van der Waals surface area contributed by atoms with E-state index in [2.05, 4.69) is 10.4 Å². The van der Waals surface area contributed by atoms with Gasteiger partial charge in [-0.3, -0.25) is 19.5 Å². The lowest BCUT2D eigenvalue weighted by Gasteiger charge is -2.22. The summed E-state index contributed by atoms with van der Waals surface area (Å²) in [6, 6.07) is 12.7. The second-order valence-corrected chi connectivity index (χ2v) is 6.22. The van der Waals surface area contributed by atoms with E-state index in [0.29, 0.717) is 6.54 Å². The van der Waals surface area contributed by atoms with Crippen LogP contribution in [0.15, 0.2) is 54.9 Å². The Labute approximate surface area is 140 Å². The quantitative estimate of drug-likeness (QED) is 0.858. The second-order valence-electron chi connectivity index (χ2n) is 6.22. The van der Waals surface area contributed by atoms with Gasteiger partial charge in [0.15, 0.2) is 0 Å². The van der Waals surface area contributed by atoms with Crippen LogP contribution < -0.4 is 5.43 Å². The van der Waals surface area contributed by atoms with Crippen molar-refractivity contribution in [2.45, 2.75) is 18.6 Å². The number of nitrogens with zero attached hydrogens (tertiary/aromatic N) is 3. The average Bonchev–Trinajstić information content (AvgIpc) is 3.08. The van der Waals surface area contributed by atoms with Gasteiger partial charge in [-0.2, -0.15) is 0 Å². The van der Waals surface area contributed by atoms with E-state index in [1.165, 1.54) is 4.90 Å². The number of nitrogens with one attached hydrogen (secondary N) is 1. The van der Waals surface area contributed by atoms with Crippen molar-refractivity contribution in [1.29, 1.82) is 0 Å². The number of fused-ring (bicyclic) bond motifs is 1. The molecule has 3 unspecified atom stereocenters. The van der Waals surface area contributed by atoms with Crippen molar-refractivity contribution in [2.75, 3.05) is 7.05 Å². The van der Waals surface area contributed by atoms with Crippen LogP contribution in [0, 0.1) is 5.92 Å². The summed E-state index contributed by atoms with van der Waals surface area (Å²) >= 11 is 0. The molecule has 4 rings (SSSR count). The molecule has 6 heteroatoms. The zero-order valence-electron chi connectivity index (χ0n) is 13.3. The fraction of sp³-hybridized carbons (Fsp3) is 0.278. The van der Waals surface area contributed by atoms with E-state index < -0.39 is 12.0 Å². The molecule has 24 heavy (non-hydrogen) atoms. The van der Waals surface area contributed by atoms with Gasteiger partial charge in [0, 0.05) is 19.4 Å². The highest BCUT2D eigenvalue weighted by Gasteiger charge is 2.57. The van der Waals surface area contributed by atoms with Crippen molar-refractivity contribution >= 4 is 11.8 Å². The molecular formula is C18H18N4O2. The van der Waals surface area contributed by atoms with Gasteiger partial charge in [-0.05, 0) is 17.2 Å². The number of rotatable bonds is 3. The number of benzene rings is 1. The summed E-state index contributed by atoms with van der Waals surface area (Å²) in [5, 5.41) is 1.76. The lowest BCUT2D eigenvalue weighted by Crippen LogP contribution is -2.42. The first-order valence-corrected chi connectivity index (χ1v) is 7.95. The maximum absolute atomic E-state index is 12.9. The van der Waals surface area contributed by atoms with Crippen molar-refractivity contribution < 1.29 is 9.59 Å². The van der Waals surface area contributed by atoms with E-state index in [1.54, 1.807) is 17.4 Å². The standard InChI is InChI=1S/C18H18N4O2/c1-21-16-14(15(20-21)13-8-5-9-19-10-13)17(23)22(18(16)24)11-12-6-3-2-4-7-12/h2-10,14-16,20H,11H2,1H3. The lowest BCUT2D eigenvalue weighted by atomic mass is 9.92. The minimum Gasteiger partial charge on any atom is -0.276 e. The monoisotopic (exact) mass is 322 g/mol. The zero-order valence-corrected chi connectivity index (χ0v) is 13.3. The van der Waals surface area contributed by atoms with Crippen LogP contribution in [0.2, 0.25) is 0 Å². The SMILES string of the molecule is CN1NC(c2cccnc2)C2C(=O)N(Cc3ccccc3)C(=O)C21. The Balaban J connectivity index is 1.64. The minimum absolute atomic E-state index is 0.125. The molecule has 0 saturated carbocycles. The first kappa shape index (κ1) is 15.0. The smallest absolute Gasteiger partial charge is 0.249 e. The molecule has 2 aliphatic heterocycles.